The highest BCUT2D eigenvalue weighted by Crippen LogP contribution is 2.05. The van der Waals surface area contributed by atoms with Gasteiger partial charge in [-0.25, -0.2) is 0 Å². The summed E-state index contributed by atoms with van der Waals surface area (Å²) in [4.78, 5) is 1.56. The molecule has 0 saturated heterocycles. The first-order chi connectivity index (χ1) is 6.61. The van der Waals surface area contributed by atoms with E-state index in [1.165, 1.54) is 0 Å². The molecule has 0 aromatic carbocycles. The molecule has 5 N–H and O–H groups in total. The Kier molecular flexibility index (Phi) is 6.98. The van der Waals surface area contributed by atoms with Crippen molar-refractivity contribution in [2.24, 2.45) is 0 Å². The quantitative estimate of drug-likeness (QED) is 0.292. The fourth-order valence-electron chi connectivity index (χ4n) is 1.12. The van der Waals surface area contributed by atoms with Crippen molar-refractivity contribution in [2.75, 3.05) is 46.1 Å². The number of aliphatic hydroxyl groups is 5. The zero-order valence-electron chi connectivity index (χ0n) is 8.13. The molecule has 0 spiro atoms. The van der Waals surface area contributed by atoms with Gasteiger partial charge in [-0.05, 0) is 0 Å². The Hall–Kier alpha value is -0.240. The van der Waals surface area contributed by atoms with Crippen molar-refractivity contribution in [1.29, 1.82) is 0 Å². The van der Waals surface area contributed by atoms with Crippen LogP contribution in [0.1, 0.15) is 0 Å². The molecular weight excluding hydrogens is 190 g/mol. The van der Waals surface area contributed by atoms with E-state index < -0.39 is 18.8 Å². The molecule has 0 bridgehead atoms. The summed E-state index contributed by atoms with van der Waals surface area (Å²) in [6.07, 6.45) is 0. The Bertz CT molecular complexity index is 134. The largest absolute Gasteiger partial charge is 0.395 e. The van der Waals surface area contributed by atoms with Gasteiger partial charge < -0.3 is 25.5 Å². The van der Waals surface area contributed by atoms with Gasteiger partial charge in [0.05, 0.1) is 26.4 Å². The molecule has 14 heavy (non-hydrogen) atoms. The SMILES string of the molecule is OCCN(CCO)CC(O)(CO)CO. The van der Waals surface area contributed by atoms with Crippen LogP contribution in [0, 0.1) is 0 Å². The van der Waals surface area contributed by atoms with Crippen molar-refractivity contribution in [3.05, 3.63) is 0 Å². The smallest absolute Gasteiger partial charge is 0.123 e. The Morgan fingerprint density at radius 1 is 0.857 bits per heavy atom. The van der Waals surface area contributed by atoms with Crippen LogP contribution in [0.15, 0.2) is 0 Å². The molecule has 0 aliphatic heterocycles. The van der Waals surface area contributed by atoms with Gasteiger partial charge in [-0.2, -0.15) is 0 Å². The second-order valence-corrected chi connectivity index (χ2v) is 3.26. The standard InChI is InChI=1S/C8H19NO5/c10-3-1-9(2-4-11)5-8(14,6-12)7-13/h10-14H,1-7H2. The van der Waals surface area contributed by atoms with E-state index in [1.807, 2.05) is 0 Å². The van der Waals surface area contributed by atoms with E-state index in [-0.39, 0.29) is 32.8 Å². The third-order valence-electron chi connectivity index (χ3n) is 1.94. The van der Waals surface area contributed by atoms with Crippen molar-refractivity contribution in [3.8, 4) is 0 Å². The molecule has 0 saturated carbocycles. The minimum Gasteiger partial charge on any atom is -0.395 e. The molecule has 0 aromatic rings. The fraction of sp³-hybridized carbons (Fsp3) is 1.00. The van der Waals surface area contributed by atoms with Crippen molar-refractivity contribution >= 4 is 0 Å². The minimum absolute atomic E-state index is 0.0150. The summed E-state index contributed by atoms with van der Waals surface area (Å²) in [6.45, 7) is -0.750. The van der Waals surface area contributed by atoms with E-state index in [2.05, 4.69) is 0 Å². The van der Waals surface area contributed by atoms with E-state index >= 15 is 0 Å². The fourth-order valence-corrected chi connectivity index (χ4v) is 1.12. The summed E-state index contributed by atoms with van der Waals surface area (Å²) >= 11 is 0. The summed E-state index contributed by atoms with van der Waals surface area (Å²) in [6, 6.07) is 0. The normalized spacial score (nSPS) is 12.4. The monoisotopic (exact) mass is 209 g/mol. The molecule has 0 aliphatic rings. The second-order valence-electron chi connectivity index (χ2n) is 3.26. The summed E-state index contributed by atoms with van der Waals surface area (Å²) in [7, 11) is 0. The van der Waals surface area contributed by atoms with Crippen LogP contribution in [-0.2, 0) is 0 Å². The summed E-state index contributed by atoms with van der Waals surface area (Å²) < 4.78 is 0. The molecule has 6 nitrogen and oxygen atoms in total. The maximum Gasteiger partial charge on any atom is 0.123 e. The van der Waals surface area contributed by atoms with E-state index in [0.29, 0.717) is 0 Å². The Morgan fingerprint density at radius 2 is 1.29 bits per heavy atom. The second kappa shape index (κ2) is 7.10. The lowest BCUT2D eigenvalue weighted by Gasteiger charge is -2.30. The van der Waals surface area contributed by atoms with Gasteiger partial charge in [-0.15, -0.1) is 0 Å². The lowest BCUT2D eigenvalue weighted by atomic mass is 10.1. The van der Waals surface area contributed by atoms with Crippen molar-refractivity contribution in [3.63, 3.8) is 0 Å². The molecule has 0 unspecified atom stereocenters. The molecule has 0 fully saturated rings. The van der Waals surface area contributed by atoms with Crippen LogP contribution < -0.4 is 0 Å². The molecule has 0 radical (unpaired) electrons. The van der Waals surface area contributed by atoms with Crippen LogP contribution in [0.25, 0.3) is 0 Å². The number of nitrogens with zero attached hydrogens (tertiary/aromatic N) is 1. The van der Waals surface area contributed by atoms with Gasteiger partial charge in [-0.1, -0.05) is 0 Å². The lowest BCUT2D eigenvalue weighted by molar-refractivity contribution is -0.0769. The minimum atomic E-state index is -1.58. The molecule has 0 aromatic heterocycles. The van der Waals surface area contributed by atoms with Gasteiger partial charge in [-0.3, -0.25) is 4.90 Å². The van der Waals surface area contributed by atoms with Gasteiger partial charge in [0.15, 0.2) is 0 Å². The third-order valence-corrected chi connectivity index (χ3v) is 1.94. The van der Waals surface area contributed by atoms with E-state index in [9.17, 15) is 5.11 Å². The highest BCUT2D eigenvalue weighted by atomic mass is 16.4. The van der Waals surface area contributed by atoms with Crippen molar-refractivity contribution in [1.82, 2.24) is 4.90 Å². The third kappa shape index (κ3) is 4.85. The molecule has 86 valence electrons. The summed E-state index contributed by atoms with van der Waals surface area (Å²) in [5, 5.41) is 44.5. The van der Waals surface area contributed by atoms with Gasteiger partial charge in [0.25, 0.3) is 0 Å². The van der Waals surface area contributed by atoms with E-state index in [0.717, 1.165) is 0 Å². The van der Waals surface area contributed by atoms with Gasteiger partial charge in [0.2, 0.25) is 0 Å². The lowest BCUT2D eigenvalue weighted by Crippen LogP contribution is -2.50. The molecule has 0 amide bonds. The maximum atomic E-state index is 9.55. The van der Waals surface area contributed by atoms with Crippen LogP contribution >= 0.6 is 0 Å². The Balaban J connectivity index is 4.10. The zero-order chi connectivity index (χ0) is 11.0. The van der Waals surface area contributed by atoms with Gasteiger partial charge in [0.1, 0.15) is 5.60 Å². The average molecular weight is 209 g/mol. The zero-order valence-corrected chi connectivity index (χ0v) is 8.13. The molecular formula is C8H19NO5. The first-order valence-electron chi connectivity index (χ1n) is 4.50. The first kappa shape index (κ1) is 13.8. The van der Waals surface area contributed by atoms with E-state index in [4.69, 9.17) is 20.4 Å². The van der Waals surface area contributed by atoms with E-state index in [1.54, 1.807) is 4.90 Å². The van der Waals surface area contributed by atoms with Crippen LogP contribution in [0.4, 0.5) is 0 Å². The van der Waals surface area contributed by atoms with Crippen molar-refractivity contribution < 1.29 is 25.5 Å². The highest BCUT2D eigenvalue weighted by molar-refractivity contribution is 4.80. The number of hydrogen-bond donors (Lipinski definition) is 5. The van der Waals surface area contributed by atoms with Crippen LogP contribution in [0.5, 0.6) is 0 Å². The Labute approximate surface area is 83.0 Å². The van der Waals surface area contributed by atoms with Gasteiger partial charge >= 0.3 is 0 Å². The molecule has 0 heterocycles. The predicted molar refractivity (Wildman–Crippen MR) is 49.7 cm³/mol. The predicted octanol–water partition coefficient (Wildman–Crippen LogP) is -3.01. The molecule has 6 heteroatoms. The summed E-state index contributed by atoms with van der Waals surface area (Å²) in [5.74, 6) is 0. The maximum absolute atomic E-state index is 9.55. The number of hydrogen-bond acceptors (Lipinski definition) is 6. The van der Waals surface area contributed by atoms with Gasteiger partial charge in [0, 0.05) is 19.6 Å². The Morgan fingerprint density at radius 3 is 1.57 bits per heavy atom. The molecule has 0 aliphatic carbocycles. The van der Waals surface area contributed by atoms with Crippen LogP contribution in [0.3, 0.4) is 0 Å². The topological polar surface area (TPSA) is 104 Å². The molecule has 0 atom stereocenters. The van der Waals surface area contributed by atoms with Crippen LogP contribution in [0.2, 0.25) is 0 Å². The van der Waals surface area contributed by atoms with Crippen molar-refractivity contribution in [2.45, 2.75) is 5.60 Å². The highest BCUT2D eigenvalue weighted by Gasteiger charge is 2.27. The first-order valence-corrected chi connectivity index (χ1v) is 4.50. The van der Waals surface area contributed by atoms with Crippen LogP contribution in [-0.4, -0.2) is 82.1 Å². The number of aliphatic hydroxyl groups excluding tert-OH is 4. The average Bonchev–Trinajstić information content (AvgIpc) is 2.18. The number of rotatable bonds is 8. The molecule has 0 rings (SSSR count). The summed E-state index contributed by atoms with van der Waals surface area (Å²) in [5.41, 5.74) is -1.58.